The number of hydrogen-bond donors (Lipinski definition) is 2. The van der Waals surface area contributed by atoms with E-state index in [1.54, 1.807) is 30.3 Å². The molecule has 0 saturated carbocycles. The zero-order chi connectivity index (χ0) is 23.6. The Morgan fingerprint density at radius 1 is 0.879 bits per heavy atom. The van der Waals surface area contributed by atoms with E-state index in [1.165, 1.54) is 6.21 Å². The van der Waals surface area contributed by atoms with Crippen LogP contribution in [0.5, 0.6) is 11.5 Å². The predicted molar refractivity (Wildman–Crippen MR) is 129 cm³/mol. The Morgan fingerprint density at radius 2 is 1.67 bits per heavy atom. The van der Waals surface area contributed by atoms with E-state index in [9.17, 15) is 9.59 Å². The van der Waals surface area contributed by atoms with Gasteiger partial charge in [-0.15, -0.1) is 0 Å². The number of anilines is 1. The number of carbonyl (C=O) groups is 2. The van der Waals surface area contributed by atoms with Gasteiger partial charge in [0, 0.05) is 5.69 Å². The lowest BCUT2D eigenvalue weighted by atomic mass is 10.1. The number of benzene rings is 3. The summed E-state index contributed by atoms with van der Waals surface area (Å²) in [6, 6.07) is 20.6. The van der Waals surface area contributed by atoms with Crippen LogP contribution in [0.15, 0.2) is 71.8 Å². The fraction of sp³-hybridized carbons (Fsp3) is 0.192. The predicted octanol–water partition coefficient (Wildman–Crippen LogP) is 4.37. The van der Waals surface area contributed by atoms with Gasteiger partial charge in [-0.05, 0) is 73.4 Å². The number of hydrazone groups is 1. The summed E-state index contributed by atoms with van der Waals surface area (Å²) in [6.45, 7) is 6.68. The number of rotatable bonds is 8. The molecule has 7 nitrogen and oxygen atoms in total. The third-order valence-electron chi connectivity index (χ3n) is 4.86. The van der Waals surface area contributed by atoms with Crippen molar-refractivity contribution in [3.8, 4) is 11.5 Å². The highest BCUT2D eigenvalue weighted by Crippen LogP contribution is 2.29. The number of nitrogens with zero attached hydrogens (tertiary/aromatic N) is 1. The average Bonchev–Trinajstić information content (AvgIpc) is 2.81. The second-order valence-electron chi connectivity index (χ2n) is 7.37. The number of nitrogens with one attached hydrogen (secondary N) is 2. The Balaban J connectivity index is 1.58. The van der Waals surface area contributed by atoms with E-state index in [4.69, 9.17) is 9.47 Å². The van der Waals surface area contributed by atoms with Crippen LogP contribution in [0.1, 0.15) is 29.2 Å². The van der Waals surface area contributed by atoms with Crippen molar-refractivity contribution in [1.29, 1.82) is 0 Å². The van der Waals surface area contributed by atoms with Crippen molar-refractivity contribution in [1.82, 2.24) is 5.43 Å². The summed E-state index contributed by atoms with van der Waals surface area (Å²) in [6.07, 6.45) is 1.44. The fourth-order valence-electron chi connectivity index (χ4n) is 2.95. The van der Waals surface area contributed by atoms with Crippen LogP contribution in [0.25, 0.3) is 0 Å². The summed E-state index contributed by atoms with van der Waals surface area (Å²) >= 11 is 0. The molecular weight excluding hydrogens is 418 g/mol. The molecule has 0 bridgehead atoms. The van der Waals surface area contributed by atoms with Crippen LogP contribution in [-0.4, -0.2) is 24.6 Å². The first kappa shape index (κ1) is 23.5. The van der Waals surface area contributed by atoms with Crippen molar-refractivity contribution < 1.29 is 19.1 Å². The molecule has 7 heteroatoms. The fourth-order valence-corrected chi connectivity index (χ4v) is 2.95. The highest BCUT2D eigenvalue weighted by atomic mass is 16.5. The first-order valence-electron chi connectivity index (χ1n) is 10.6. The maximum Gasteiger partial charge on any atom is 0.329 e. The molecule has 0 fully saturated rings. The lowest BCUT2D eigenvalue weighted by Crippen LogP contribution is -2.32. The molecule has 0 aromatic heterocycles. The molecule has 170 valence electrons. The van der Waals surface area contributed by atoms with Crippen molar-refractivity contribution in [2.24, 2.45) is 5.10 Å². The molecule has 0 saturated heterocycles. The topological polar surface area (TPSA) is 89.0 Å². The summed E-state index contributed by atoms with van der Waals surface area (Å²) in [4.78, 5) is 24.1. The van der Waals surface area contributed by atoms with E-state index >= 15 is 0 Å². The Kier molecular flexibility index (Phi) is 8.18. The smallest absolute Gasteiger partial charge is 0.329 e. The van der Waals surface area contributed by atoms with Gasteiger partial charge in [-0.3, -0.25) is 9.59 Å². The summed E-state index contributed by atoms with van der Waals surface area (Å²) in [7, 11) is 0. The minimum Gasteiger partial charge on any atom is -0.490 e. The highest BCUT2D eigenvalue weighted by molar-refractivity contribution is 6.39. The molecule has 2 N–H and O–H groups in total. The molecule has 0 heterocycles. The third kappa shape index (κ3) is 6.93. The van der Waals surface area contributed by atoms with E-state index in [2.05, 4.69) is 15.8 Å². The van der Waals surface area contributed by atoms with Crippen LogP contribution in [-0.2, 0) is 16.2 Å². The van der Waals surface area contributed by atoms with Gasteiger partial charge in [-0.25, -0.2) is 5.43 Å². The molecule has 0 spiro atoms. The summed E-state index contributed by atoms with van der Waals surface area (Å²) in [5.41, 5.74) is 6.64. The Labute approximate surface area is 193 Å². The monoisotopic (exact) mass is 445 g/mol. The Morgan fingerprint density at radius 3 is 2.39 bits per heavy atom. The van der Waals surface area contributed by atoms with E-state index < -0.39 is 11.8 Å². The number of carbonyl (C=O) groups excluding carboxylic acids is 2. The van der Waals surface area contributed by atoms with E-state index in [0.717, 1.165) is 16.7 Å². The van der Waals surface area contributed by atoms with Gasteiger partial charge in [-0.1, -0.05) is 36.4 Å². The van der Waals surface area contributed by atoms with Crippen LogP contribution in [0.2, 0.25) is 0 Å². The van der Waals surface area contributed by atoms with E-state index in [-0.39, 0.29) is 0 Å². The number of hydrogen-bond acceptors (Lipinski definition) is 5. The van der Waals surface area contributed by atoms with Gasteiger partial charge < -0.3 is 14.8 Å². The second-order valence-corrected chi connectivity index (χ2v) is 7.37. The Hall–Kier alpha value is -4.13. The highest BCUT2D eigenvalue weighted by Gasteiger charge is 2.13. The molecule has 3 aromatic rings. The van der Waals surface area contributed by atoms with Crippen molar-refractivity contribution in [2.45, 2.75) is 27.4 Å². The van der Waals surface area contributed by atoms with Crippen molar-refractivity contribution >= 4 is 23.7 Å². The lowest BCUT2D eigenvalue weighted by Gasteiger charge is -2.12. The molecule has 3 rings (SSSR count). The molecule has 0 atom stereocenters. The molecular formula is C26H27N3O4. The van der Waals surface area contributed by atoms with Gasteiger partial charge in [0.1, 0.15) is 6.61 Å². The molecule has 0 radical (unpaired) electrons. The first-order chi connectivity index (χ1) is 16.0. The van der Waals surface area contributed by atoms with Gasteiger partial charge in [0.05, 0.1) is 12.8 Å². The molecule has 0 aliphatic rings. The van der Waals surface area contributed by atoms with Gasteiger partial charge >= 0.3 is 11.8 Å². The quantitative estimate of drug-likeness (QED) is 0.306. The minimum absolute atomic E-state index is 0.417. The standard InChI is InChI=1S/C26H27N3O4/c1-4-32-24-15-21(11-13-23(24)33-17-20-8-6-5-7-9-20)16-27-29-26(31)25(30)28-22-12-10-18(2)19(3)14-22/h5-16H,4,17H2,1-3H3,(H,28,30)(H,29,31)/b27-16-. The lowest BCUT2D eigenvalue weighted by molar-refractivity contribution is -0.136. The van der Waals surface area contributed by atoms with Crippen LogP contribution >= 0.6 is 0 Å². The van der Waals surface area contributed by atoms with Crippen molar-refractivity contribution in [3.63, 3.8) is 0 Å². The SMILES string of the molecule is CCOc1cc(/C=N\NC(=O)C(=O)Nc2ccc(C)c(C)c2)ccc1OCc1ccccc1. The maximum absolute atomic E-state index is 12.1. The van der Waals surface area contributed by atoms with Crippen molar-refractivity contribution in [3.05, 3.63) is 89.0 Å². The molecule has 0 aliphatic heterocycles. The van der Waals surface area contributed by atoms with Crippen molar-refractivity contribution in [2.75, 3.05) is 11.9 Å². The normalized spacial score (nSPS) is 10.6. The zero-order valence-electron chi connectivity index (χ0n) is 18.9. The van der Waals surface area contributed by atoms with E-state index in [0.29, 0.717) is 36.0 Å². The summed E-state index contributed by atoms with van der Waals surface area (Å²) in [5, 5.41) is 6.44. The molecule has 3 aromatic carbocycles. The summed E-state index contributed by atoms with van der Waals surface area (Å²) in [5.74, 6) is -0.488. The average molecular weight is 446 g/mol. The van der Waals surface area contributed by atoms with Crippen LogP contribution in [0.4, 0.5) is 5.69 Å². The zero-order valence-corrected chi connectivity index (χ0v) is 18.9. The van der Waals surface area contributed by atoms with E-state index in [1.807, 2.05) is 57.2 Å². The molecule has 0 unspecified atom stereocenters. The minimum atomic E-state index is -0.864. The third-order valence-corrected chi connectivity index (χ3v) is 4.86. The van der Waals surface area contributed by atoms with Crippen LogP contribution < -0.4 is 20.2 Å². The number of aryl methyl sites for hydroxylation is 2. The number of ether oxygens (including phenoxy) is 2. The summed E-state index contributed by atoms with van der Waals surface area (Å²) < 4.78 is 11.6. The van der Waals surface area contributed by atoms with Gasteiger partial charge in [0.25, 0.3) is 0 Å². The van der Waals surface area contributed by atoms with Gasteiger partial charge in [-0.2, -0.15) is 5.10 Å². The molecule has 0 aliphatic carbocycles. The second kappa shape index (κ2) is 11.5. The van der Waals surface area contributed by atoms with Crippen LogP contribution in [0.3, 0.4) is 0 Å². The van der Waals surface area contributed by atoms with Gasteiger partial charge in [0.15, 0.2) is 11.5 Å². The number of amides is 2. The Bertz CT molecular complexity index is 1140. The first-order valence-corrected chi connectivity index (χ1v) is 10.6. The van der Waals surface area contributed by atoms with Crippen LogP contribution in [0, 0.1) is 13.8 Å². The molecule has 33 heavy (non-hydrogen) atoms. The molecule has 2 amide bonds. The largest absolute Gasteiger partial charge is 0.490 e. The maximum atomic E-state index is 12.1. The van der Waals surface area contributed by atoms with Gasteiger partial charge in [0.2, 0.25) is 0 Å².